The molecule has 0 bridgehead atoms. The van der Waals surface area contributed by atoms with Crippen LogP contribution in [-0.2, 0) is 32.7 Å². The minimum Gasteiger partial charge on any atom is -0.447 e. The number of rotatable bonds is 8. The topological polar surface area (TPSA) is 89.2 Å². The Bertz CT molecular complexity index is 340. The predicted molar refractivity (Wildman–Crippen MR) is 93.1 cm³/mol. The normalized spacial score (nSPS) is 12.8. The van der Waals surface area contributed by atoms with Gasteiger partial charge in [0.05, 0.1) is 11.3 Å². The van der Waals surface area contributed by atoms with Gasteiger partial charge in [-0.15, -0.1) is 0 Å². The van der Waals surface area contributed by atoms with Crippen LogP contribution < -0.4 is 10.6 Å². The quantitative estimate of drug-likeness (QED) is 0.165. The molecular formula is C16H34N4O2Y-2. The summed E-state index contributed by atoms with van der Waals surface area (Å²) < 4.78 is 0. The van der Waals surface area contributed by atoms with E-state index in [0.29, 0.717) is 11.6 Å². The van der Waals surface area contributed by atoms with Crippen LogP contribution in [0, 0.1) is 12.8 Å². The van der Waals surface area contributed by atoms with Gasteiger partial charge in [0, 0.05) is 32.7 Å². The van der Waals surface area contributed by atoms with Crippen molar-refractivity contribution >= 4 is 11.9 Å². The molecule has 0 heterocycles. The molecule has 4 N–H and O–H groups in total. The molecule has 7 heteroatoms. The molecule has 0 aliphatic carbocycles. The molecule has 0 aromatic carbocycles. The first-order chi connectivity index (χ1) is 9.98. The maximum atomic E-state index is 8.73. The molecule has 0 saturated carbocycles. The van der Waals surface area contributed by atoms with Crippen molar-refractivity contribution in [2.45, 2.75) is 66.0 Å². The second-order valence-corrected chi connectivity index (χ2v) is 6.75. The van der Waals surface area contributed by atoms with E-state index in [1.165, 1.54) is 0 Å². The fourth-order valence-electron chi connectivity index (χ4n) is 1.31. The van der Waals surface area contributed by atoms with Crippen LogP contribution in [0.1, 0.15) is 54.9 Å². The minimum absolute atomic E-state index is 0. The average molecular weight is 403 g/mol. The molecule has 0 rings (SSSR count). The van der Waals surface area contributed by atoms with Crippen molar-refractivity contribution in [2.24, 2.45) is 16.2 Å². The molecule has 135 valence electrons. The first kappa shape index (κ1) is 27.8. The van der Waals surface area contributed by atoms with Gasteiger partial charge < -0.3 is 39.3 Å². The molecule has 0 unspecified atom stereocenters. The zero-order valence-corrected chi connectivity index (χ0v) is 18.6. The third-order valence-corrected chi connectivity index (χ3v) is 2.87. The van der Waals surface area contributed by atoms with Crippen LogP contribution in [0.25, 0.3) is 0 Å². The number of nitrogens with zero attached hydrogens (tertiary/aromatic N) is 2. The van der Waals surface area contributed by atoms with E-state index in [0.717, 1.165) is 19.5 Å². The van der Waals surface area contributed by atoms with Gasteiger partial charge in [0.15, 0.2) is 0 Å². The maximum Gasteiger partial charge on any atom is 0.0734 e. The van der Waals surface area contributed by atoms with Crippen molar-refractivity contribution in [3.8, 4) is 0 Å². The third-order valence-electron chi connectivity index (χ3n) is 2.87. The fraction of sp³-hybridized carbons (Fsp3) is 0.812. The van der Waals surface area contributed by atoms with E-state index in [4.69, 9.17) is 10.4 Å². The smallest absolute Gasteiger partial charge is 0.0734 e. The van der Waals surface area contributed by atoms with Gasteiger partial charge in [-0.25, -0.2) is 0 Å². The molecular weight excluding hydrogens is 369 g/mol. The molecule has 0 aromatic heterocycles. The van der Waals surface area contributed by atoms with Gasteiger partial charge in [-0.1, -0.05) is 38.4 Å². The molecule has 0 amide bonds. The Labute approximate surface area is 167 Å². The first-order valence-corrected chi connectivity index (χ1v) is 7.62. The summed E-state index contributed by atoms with van der Waals surface area (Å²) in [6.45, 7) is 18.8. The van der Waals surface area contributed by atoms with Crippen LogP contribution in [0.5, 0.6) is 0 Å². The molecule has 0 aliphatic rings. The van der Waals surface area contributed by atoms with Crippen molar-refractivity contribution in [1.82, 2.24) is 10.6 Å². The fourth-order valence-corrected chi connectivity index (χ4v) is 1.31. The van der Waals surface area contributed by atoms with E-state index in [2.05, 4.69) is 47.9 Å². The standard InChI is InChI=1S/C12H25N4O2.C4H9.Y/c1-10(16-18)12(4,5)14-8-6-7-13-11(2,3)9-15-17;1-4(2)3;/h13-14,17-18H,6-8H2,1-5H3;4H,1H2,2-3H3;/q2*-1;/b16-10+;;. The van der Waals surface area contributed by atoms with Gasteiger partial charge in [-0.3, -0.25) is 0 Å². The Kier molecular flexibility index (Phi) is 17.3. The van der Waals surface area contributed by atoms with Crippen LogP contribution in [-0.4, -0.2) is 46.5 Å². The summed E-state index contributed by atoms with van der Waals surface area (Å²) in [5.41, 5.74) is -0.105. The monoisotopic (exact) mass is 403 g/mol. The van der Waals surface area contributed by atoms with E-state index in [9.17, 15) is 0 Å². The van der Waals surface area contributed by atoms with E-state index in [-0.39, 0.29) is 38.2 Å². The second kappa shape index (κ2) is 14.3. The molecule has 0 aliphatic heterocycles. The molecule has 0 aromatic rings. The second-order valence-electron chi connectivity index (χ2n) is 6.75. The van der Waals surface area contributed by atoms with Crippen molar-refractivity contribution in [3.63, 3.8) is 0 Å². The van der Waals surface area contributed by atoms with Crippen molar-refractivity contribution in [1.29, 1.82) is 0 Å². The van der Waals surface area contributed by atoms with Gasteiger partial charge in [0.2, 0.25) is 0 Å². The maximum absolute atomic E-state index is 8.73. The Morgan fingerprint density at radius 2 is 1.57 bits per heavy atom. The molecule has 0 saturated heterocycles. The molecule has 1 radical (unpaired) electrons. The minimum atomic E-state index is -0.438. The first-order valence-electron chi connectivity index (χ1n) is 7.62. The Balaban J connectivity index is -0.000000712. The summed E-state index contributed by atoms with van der Waals surface area (Å²) >= 11 is 0. The van der Waals surface area contributed by atoms with Crippen LogP contribution >= 0.6 is 0 Å². The number of hydrogen-bond acceptors (Lipinski definition) is 6. The van der Waals surface area contributed by atoms with Gasteiger partial charge in [-0.2, -0.15) is 5.92 Å². The predicted octanol–water partition coefficient (Wildman–Crippen LogP) is 2.77. The van der Waals surface area contributed by atoms with E-state index >= 15 is 0 Å². The SMILES string of the molecule is C/C(=N\O)C(C)(C)NCCCNC(C)(C)[C-]=NO.[CH2-]C(C)C.[Y]. The number of nitrogens with one attached hydrogen (secondary N) is 2. The summed E-state index contributed by atoms with van der Waals surface area (Å²) in [4.78, 5) is 0. The van der Waals surface area contributed by atoms with E-state index < -0.39 is 5.54 Å². The largest absolute Gasteiger partial charge is 0.447 e. The van der Waals surface area contributed by atoms with Crippen LogP contribution in [0.2, 0.25) is 0 Å². The summed E-state index contributed by atoms with van der Waals surface area (Å²) in [6, 6.07) is 0. The average Bonchev–Trinajstić information content (AvgIpc) is 2.36. The van der Waals surface area contributed by atoms with Crippen molar-refractivity contribution < 1.29 is 43.1 Å². The van der Waals surface area contributed by atoms with Gasteiger partial charge in [-0.05, 0) is 40.3 Å². The summed E-state index contributed by atoms with van der Waals surface area (Å²) in [7, 11) is 0. The van der Waals surface area contributed by atoms with Gasteiger partial charge in [0.25, 0.3) is 0 Å². The van der Waals surface area contributed by atoms with Crippen molar-refractivity contribution in [3.05, 3.63) is 6.92 Å². The zero-order chi connectivity index (χ0) is 17.8. The van der Waals surface area contributed by atoms with Crippen LogP contribution in [0.15, 0.2) is 10.3 Å². The molecule has 0 fully saturated rings. The number of hydrogen-bond donors (Lipinski definition) is 4. The summed E-state index contributed by atoms with van der Waals surface area (Å²) in [5, 5.41) is 29.8. The van der Waals surface area contributed by atoms with E-state index in [1.807, 2.05) is 27.7 Å². The van der Waals surface area contributed by atoms with Crippen LogP contribution in [0.4, 0.5) is 0 Å². The zero-order valence-electron chi connectivity index (χ0n) is 15.8. The van der Waals surface area contributed by atoms with Crippen LogP contribution in [0.3, 0.4) is 0 Å². The summed E-state index contributed by atoms with van der Waals surface area (Å²) in [5.74, 6) is 0.583. The Morgan fingerprint density at radius 3 is 1.96 bits per heavy atom. The Morgan fingerprint density at radius 1 is 1.13 bits per heavy atom. The molecule has 0 atom stereocenters. The van der Waals surface area contributed by atoms with Crippen molar-refractivity contribution in [2.75, 3.05) is 13.1 Å². The molecule has 23 heavy (non-hydrogen) atoms. The van der Waals surface area contributed by atoms with Gasteiger partial charge >= 0.3 is 0 Å². The third kappa shape index (κ3) is 18.1. The molecule has 6 nitrogen and oxygen atoms in total. The number of oxime groups is 1. The van der Waals surface area contributed by atoms with E-state index in [1.54, 1.807) is 6.92 Å². The van der Waals surface area contributed by atoms with Gasteiger partial charge in [0.1, 0.15) is 0 Å². The summed E-state index contributed by atoms with van der Waals surface area (Å²) in [6.07, 6.45) is 3.45. The Hall–Kier alpha value is -0.0361. The molecule has 0 spiro atoms.